The lowest BCUT2D eigenvalue weighted by atomic mass is 9.70. The standard InChI is InChI=1S/C25H20N2O4S/c1-26-16-10-5-3-8-14(16)22(28)20(24(26)30)19(18-12-7-13-32-18)21-23(29)15-9-4-6-11-17(15)27(2)25(21)31/h3-13,19-21H,1-2H3/t20-,21-/m0/s1. The van der Waals surface area contributed by atoms with E-state index in [9.17, 15) is 19.2 Å². The summed E-state index contributed by atoms with van der Waals surface area (Å²) in [7, 11) is 3.25. The van der Waals surface area contributed by atoms with Crippen LogP contribution in [0.25, 0.3) is 0 Å². The van der Waals surface area contributed by atoms with Crippen LogP contribution >= 0.6 is 11.3 Å². The second-order valence-corrected chi connectivity index (χ2v) is 9.03. The van der Waals surface area contributed by atoms with Crippen molar-refractivity contribution < 1.29 is 19.2 Å². The molecule has 2 aliphatic heterocycles. The Kier molecular flexibility index (Phi) is 4.78. The summed E-state index contributed by atoms with van der Waals surface area (Å²) < 4.78 is 0. The first kappa shape index (κ1) is 20.3. The van der Waals surface area contributed by atoms with Crippen molar-refractivity contribution in [1.82, 2.24) is 0 Å². The van der Waals surface area contributed by atoms with Gasteiger partial charge in [0.2, 0.25) is 11.8 Å². The second kappa shape index (κ2) is 7.53. The zero-order valence-corrected chi connectivity index (χ0v) is 18.3. The van der Waals surface area contributed by atoms with Gasteiger partial charge in [-0.3, -0.25) is 19.2 Å². The minimum absolute atomic E-state index is 0.357. The van der Waals surface area contributed by atoms with Gasteiger partial charge in [0.05, 0.1) is 11.4 Å². The molecule has 3 heterocycles. The number of benzene rings is 2. The number of fused-ring (bicyclic) bond motifs is 2. The number of nitrogens with zero attached hydrogens (tertiary/aromatic N) is 2. The molecule has 7 heteroatoms. The number of carbonyl (C=O) groups is 4. The molecular weight excluding hydrogens is 424 g/mol. The Labute approximate surface area is 189 Å². The summed E-state index contributed by atoms with van der Waals surface area (Å²) in [6.07, 6.45) is 0. The predicted molar refractivity (Wildman–Crippen MR) is 122 cm³/mol. The fourth-order valence-corrected chi connectivity index (χ4v) is 5.70. The highest BCUT2D eigenvalue weighted by Gasteiger charge is 2.52. The molecule has 2 aromatic carbocycles. The first-order chi connectivity index (χ1) is 15.4. The zero-order valence-electron chi connectivity index (χ0n) is 17.5. The molecule has 32 heavy (non-hydrogen) atoms. The quantitative estimate of drug-likeness (QED) is 0.576. The molecule has 0 spiro atoms. The molecular formula is C25H20N2O4S. The molecule has 0 N–H and O–H groups in total. The molecule has 0 unspecified atom stereocenters. The first-order valence-corrected chi connectivity index (χ1v) is 11.1. The van der Waals surface area contributed by atoms with Crippen LogP contribution in [0.2, 0.25) is 0 Å². The minimum atomic E-state index is -1.16. The predicted octanol–water partition coefficient (Wildman–Crippen LogP) is 3.78. The average Bonchev–Trinajstić information content (AvgIpc) is 3.35. The lowest BCUT2D eigenvalue weighted by molar-refractivity contribution is -0.124. The van der Waals surface area contributed by atoms with Crippen LogP contribution in [0, 0.1) is 11.8 Å². The molecule has 0 fully saturated rings. The summed E-state index contributed by atoms with van der Waals surface area (Å²) in [6, 6.07) is 17.5. The van der Waals surface area contributed by atoms with Crippen molar-refractivity contribution in [2.75, 3.05) is 23.9 Å². The minimum Gasteiger partial charge on any atom is -0.314 e. The van der Waals surface area contributed by atoms with Gasteiger partial charge in [-0.25, -0.2) is 0 Å². The van der Waals surface area contributed by atoms with Gasteiger partial charge in [0.25, 0.3) is 0 Å². The van der Waals surface area contributed by atoms with Gasteiger partial charge in [-0.05, 0) is 35.7 Å². The Bertz CT molecular complexity index is 1180. The number of carbonyl (C=O) groups excluding carboxylic acids is 4. The second-order valence-electron chi connectivity index (χ2n) is 8.05. The number of para-hydroxylation sites is 2. The van der Waals surface area contributed by atoms with Crippen LogP contribution in [0.4, 0.5) is 11.4 Å². The molecule has 0 saturated carbocycles. The van der Waals surface area contributed by atoms with E-state index >= 15 is 0 Å². The van der Waals surface area contributed by atoms with E-state index in [4.69, 9.17) is 0 Å². The van der Waals surface area contributed by atoms with Crippen LogP contribution in [-0.2, 0) is 9.59 Å². The summed E-state index contributed by atoms with van der Waals surface area (Å²) >= 11 is 1.35. The normalized spacial score (nSPS) is 20.6. The number of amides is 2. The van der Waals surface area contributed by atoms with Crippen molar-refractivity contribution in [3.8, 4) is 0 Å². The van der Waals surface area contributed by atoms with Gasteiger partial charge in [-0.15, -0.1) is 11.3 Å². The summed E-state index contributed by atoms with van der Waals surface area (Å²) in [5.41, 5.74) is 1.91. The molecule has 6 nitrogen and oxygen atoms in total. The van der Waals surface area contributed by atoms with Crippen molar-refractivity contribution in [3.05, 3.63) is 82.0 Å². The summed E-state index contributed by atoms with van der Waals surface area (Å²) in [5, 5.41) is 1.83. The molecule has 160 valence electrons. The van der Waals surface area contributed by atoms with E-state index in [-0.39, 0.29) is 11.6 Å². The summed E-state index contributed by atoms with van der Waals surface area (Å²) in [6.45, 7) is 0. The SMILES string of the molecule is CN1C(=O)[C@@H](C(c2cccs2)[C@H]2C(=O)c3ccccc3N(C)C2=O)C(=O)c2ccccc21. The van der Waals surface area contributed by atoms with Crippen LogP contribution in [0.1, 0.15) is 31.5 Å². The van der Waals surface area contributed by atoms with E-state index in [2.05, 4.69) is 0 Å². The van der Waals surface area contributed by atoms with Gasteiger partial charge >= 0.3 is 0 Å². The highest BCUT2D eigenvalue weighted by molar-refractivity contribution is 7.10. The van der Waals surface area contributed by atoms with E-state index in [0.29, 0.717) is 27.4 Å². The van der Waals surface area contributed by atoms with Gasteiger partial charge in [-0.2, -0.15) is 0 Å². The van der Waals surface area contributed by atoms with Crippen molar-refractivity contribution in [3.63, 3.8) is 0 Å². The lowest BCUT2D eigenvalue weighted by Gasteiger charge is -2.39. The number of anilines is 2. The highest BCUT2D eigenvalue weighted by Crippen LogP contribution is 2.46. The van der Waals surface area contributed by atoms with Crippen LogP contribution in [0.5, 0.6) is 0 Å². The third-order valence-corrected chi connectivity index (χ3v) is 7.38. The smallest absolute Gasteiger partial charge is 0.238 e. The number of Topliss-reactive ketones (excluding diaryl/α,β-unsaturated/α-hetero) is 2. The van der Waals surface area contributed by atoms with Gasteiger partial charge in [0.1, 0.15) is 11.8 Å². The largest absolute Gasteiger partial charge is 0.314 e. The maximum absolute atomic E-state index is 13.6. The molecule has 1 aromatic heterocycles. The number of hydrogen-bond acceptors (Lipinski definition) is 5. The molecule has 5 rings (SSSR count). The maximum Gasteiger partial charge on any atom is 0.238 e. The average molecular weight is 445 g/mol. The molecule has 0 aliphatic carbocycles. The lowest BCUT2D eigenvalue weighted by Crippen LogP contribution is -2.52. The molecule has 2 atom stereocenters. The van der Waals surface area contributed by atoms with Crippen LogP contribution in [0.3, 0.4) is 0 Å². The van der Waals surface area contributed by atoms with Crippen LogP contribution in [-0.4, -0.2) is 37.5 Å². The highest BCUT2D eigenvalue weighted by atomic mass is 32.1. The van der Waals surface area contributed by atoms with E-state index < -0.39 is 29.6 Å². The Morgan fingerprint density at radius 1 is 0.688 bits per heavy atom. The van der Waals surface area contributed by atoms with Gasteiger partial charge in [0.15, 0.2) is 11.6 Å². The number of thiophene rings is 1. The van der Waals surface area contributed by atoms with E-state index in [1.807, 2.05) is 5.38 Å². The van der Waals surface area contributed by atoms with Gasteiger partial charge in [0, 0.05) is 36.0 Å². The molecule has 0 saturated heterocycles. The molecule has 0 radical (unpaired) electrons. The van der Waals surface area contributed by atoms with Gasteiger partial charge in [-0.1, -0.05) is 30.3 Å². The van der Waals surface area contributed by atoms with Crippen molar-refractivity contribution in [2.24, 2.45) is 11.8 Å². The van der Waals surface area contributed by atoms with Crippen molar-refractivity contribution in [2.45, 2.75) is 5.92 Å². The molecule has 0 bridgehead atoms. The number of rotatable bonds is 3. The third kappa shape index (κ3) is 2.85. The number of hydrogen-bond donors (Lipinski definition) is 0. The van der Waals surface area contributed by atoms with E-state index in [0.717, 1.165) is 0 Å². The number of ketones is 2. The monoisotopic (exact) mass is 444 g/mol. The van der Waals surface area contributed by atoms with Crippen LogP contribution < -0.4 is 9.80 Å². The molecule has 3 aromatic rings. The fraction of sp³-hybridized carbons (Fsp3) is 0.200. The van der Waals surface area contributed by atoms with E-state index in [1.165, 1.54) is 21.1 Å². The molecule has 2 amide bonds. The van der Waals surface area contributed by atoms with Crippen molar-refractivity contribution in [1.29, 1.82) is 0 Å². The Hall–Kier alpha value is -3.58. The Balaban J connectivity index is 1.69. The van der Waals surface area contributed by atoms with Crippen LogP contribution in [0.15, 0.2) is 66.0 Å². The van der Waals surface area contributed by atoms with Gasteiger partial charge < -0.3 is 9.80 Å². The van der Waals surface area contributed by atoms with E-state index in [1.54, 1.807) is 74.8 Å². The topological polar surface area (TPSA) is 74.8 Å². The first-order valence-electron chi connectivity index (χ1n) is 10.3. The Morgan fingerprint density at radius 3 is 1.59 bits per heavy atom. The summed E-state index contributed by atoms with van der Waals surface area (Å²) in [5.74, 6) is -4.74. The fourth-order valence-electron chi connectivity index (χ4n) is 4.80. The van der Waals surface area contributed by atoms with Crippen molar-refractivity contribution >= 4 is 46.1 Å². The summed E-state index contributed by atoms with van der Waals surface area (Å²) in [4.78, 5) is 57.8. The maximum atomic E-state index is 13.6. The third-order valence-electron chi connectivity index (χ3n) is 6.41. The Morgan fingerprint density at radius 2 is 1.16 bits per heavy atom. The molecule has 2 aliphatic rings. The zero-order chi connectivity index (χ0) is 22.6.